The van der Waals surface area contributed by atoms with Crippen LogP contribution in [0.5, 0.6) is 11.5 Å². The quantitative estimate of drug-likeness (QED) is 0.425. The maximum absolute atomic E-state index is 12.5. The second kappa shape index (κ2) is 8.96. The fourth-order valence-electron chi connectivity index (χ4n) is 3.50. The fourth-order valence-corrected chi connectivity index (χ4v) is 4.24. The molecule has 9 heteroatoms. The van der Waals surface area contributed by atoms with Crippen LogP contribution in [0.25, 0.3) is 16.6 Å². The number of amides is 1. The van der Waals surface area contributed by atoms with E-state index >= 15 is 0 Å². The number of carbonyl (C=O) groups excluding carboxylic acids is 1. The molecule has 4 aromatic rings. The molecule has 2 heterocycles. The average Bonchev–Trinajstić information content (AvgIpc) is 3.22. The molecule has 0 fully saturated rings. The number of benzene rings is 2. The molecule has 32 heavy (non-hydrogen) atoms. The highest BCUT2D eigenvalue weighted by Crippen LogP contribution is 2.34. The lowest BCUT2D eigenvalue weighted by Crippen LogP contribution is -2.14. The number of nitrogens with one attached hydrogen (secondary N) is 1. The van der Waals surface area contributed by atoms with Crippen molar-refractivity contribution in [1.29, 1.82) is 0 Å². The van der Waals surface area contributed by atoms with Crippen molar-refractivity contribution in [1.82, 2.24) is 14.6 Å². The average molecular weight is 452 g/mol. The van der Waals surface area contributed by atoms with Crippen LogP contribution in [0.4, 0.5) is 11.4 Å². The van der Waals surface area contributed by atoms with Crippen LogP contribution in [0.2, 0.25) is 0 Å². The predicted molar refractivity (Wildman–Crippen MR) is 128 cm³/mol. The van der Waals surface area contributed by atoms with Crippen LogP contribution in [0, 0.1) is 6.92 Å². The molecule has 4 rings (SSSR count). The normalized spacial score (nSPS) is 11.0. The van der Waals surface area contributed by atoms with Crippen molar-refractivity contribution in [2.75, 3.05) is 44.3 Å². The number of ether oxygens (including phenoxy) is 2. The largest absolute Gasteiger partial charge is 0.493 e. The van der Waals surface area contributed by atoms with Crippen molar-refractivity contribution in [2.45, 2.75) is 12.1 Å². The first-order valence-electron chi connectivity index (χ1n) is 10.0. The van der Waals surface area contributed by atoms with Gasteiger partial charge in [0.1, 0.15) is 0 Å². The van der Waals surface area contributed by atoms with Crippen molar-refractivity contribution in [2.24, 2.45) is 0 Å². The minimum absolute atomic E-state index is 0.111. The minimum atomic E-state index is -0.111. The Kier molecular flexibility index (Phi) is 6.09. The molecular weight excluding hydrogens is 426 g/mol. The molecule has 0 atom stereocenters. The maximum Gasteiger partial charge on any atom is 0.234 e. The lowest BCUT2D eigenvalue weighted by atomic mass is 10.1. The molecule has 0 bridgehead atoms. The van der Waals surface area contributed by atoms with Crippen LogP contribution in [0.15, 0.2) is 47.6 Å². The standard InChI is InChI=1S/C23H25N5O3S/c1-14-10-15-11-19(30-4)20(31-5)12-18(15)28-22(14)25-26-23(28)32-13-21(29)24-16-6-8-17(9-7-16)27(2)3/h6-12H,13H2,1-5H3,(H,24,29). The third-order valence-electron chi connectivity index (χ3n) is 5.13. The molecule has 1 N–H and O–H groups in total. The number of aromatic nitrogens is 3. The van der Waals surface area contributed by atoms with Gasteiger partial charge in [-0.3, -0.25) is 9.20 Å². The topological polar surface area (TPSA) is 81.0 Å². The number of methoxy groups -OCH3 is 2. The van der Waals surface area contributed by atoms with Gasteiger partial charge in [-0.2, -0.15) is 0 Å². The maximum atomic E-state index is 12.5. The Labute approximate surface area is 190 Å². The zero-order chi connectivity index (χ0) is 22.8. The first-order chi connectivity index (χ1) is 15.4. The lowest BCUT2D eigenvalue weighted by molar-refractivity contribution is -0.113. The van der Waals surface area contributed by atoms with E-state index in [1.165, 1.54) is 11.8 Å². The molecule has 0 aliphatic rings. The Morgan fingerprint density at radius 3 is 2.41 bits per heavy atom. The summed E-state index contributed by atoms with van der Waals surface area (Å²) in [6.07, 6.45) is 0. The second-order valence-corrected chi connectivity index (χ2v) is 8.46. The van der Waals surface area contributed by atoms with Crippen LogP contribution in [0.1, 0.15) is 5.56 Å². The molecule has 0 saturated heterocycles. The van der Waals surface area contributed by atoms with E-state index in [1.54, 1.807) is 14.2 Å². The molecule has 0 aliphatic heterocycles. The van der Waals surface area contributed by atoms with Crippen molar-refractivity contribution in [3.05, 3.63) is 48.0 Å². The van der Waals surface area contributed by atoms with Gasteiger partial charge in [0.15, 0.2) is 22.3 Å². The predicted octanol–water partition coefficient (Wildman–Crippen LogP) is 4.00. The van der Waals surface area contributed by atoms with E-state index in [0.717, 1.165) is 33.5 Å². The molecule has 2 aromatic heterocycles. The number of rotatable bonds is 7. The Balaban J connectivity index is 1.59. The first kappa shape index (κ1) is 21.8. The number of hydrogen-bond donors (Lipinski definition) is 1. The van der Waals surface area contributed by atoms with Crippen molar-refractivity contribution in [3.63, 3.8) is 0 Å². The van der Waals surface area contributed by atoms with Crippen LogP contribution < -0.4 is 19.7 Å². The number of pyridine rings is 1. The highest BCUT2D eigenvalue weighted by Gasteiger charge is 2.16. The number of carbonyl (C=O) groups is 1. The molecule has 0 saturated carbocycles. The van der Waals surface area contributed by atoms with E-state index in [4.69, 9.17) is 9.47 Å². The fraction of sp³-hybridized carbons (Fsp3) is 0.261. The number of aryl methyl sites for hydroxylation is 1. The third-order valence-corrected chi connectivity index (χ3v) is 6.06. The van der Waals surface area contributed by atoms with E-state index in [-0.39, 0.29) is 11.7 Å². The van der Waals surface area contributed by atoms with Crippen LogP contribution in [0.3, 0.4) is 0 Å². The van der Waals surface area contributed by atoms with Gasteiger partial charge in [-0.1, -0.05) is 11.8 Å². The Morgan fingerprint density at radius 2 is 1.75 bits per heavy atom. The molecule has 1 amide bonds. The van der Waals surface area contributed by atoms with Gasteiger partial charge in [-0.05, 0) is 48.9 Å². The zero-order valence-corrected chi connectivity index (χ0v) is 19.5. The van der Waals surface area contributed by atoms with Gasteiger partial charge < -0.3 is 19.7 Å². The van der Waals surface area contributed by atoms with E-state index < -0.39 is 0 Å². The van der Waals surface area contributed by atoms with Gasteiger partial charge in [-0.25, -0.2) is 0 Å². The second-order valence-electron chi connectivity index (χ2n) is 7.51. The van der Waals surface area contributed by atoms with Gasteiger partial charge in [0.25, 0.3) is 0 Å². The first-order valence-corrected chi connectivity index (χ1v) is 11.0. The smallest absolute Gasteiger partial charge is 0.234 e. The van der Waals surface area contributed by atoms with Crippen molar-refractivity contribution >= 4 is 45.6 Å². The molecule has 166 valence electrons. The molecule has 0 aliphatic carbocycles. The summed E-state index contributed by atoms with van der Waals surface area (Å²) in [5.41, 5.74) is 4.43. The van der Waals surface area contributed by atoms with E-state index in [9.17, 15) is 4.79 Å². The number of nitrogens with zero attached hydrogens (tertiary/aromatic N) is 4. The monoisotopic (exact) mass is 451 g/mol. The summed E-state index contributed by atoms with van der Waals surface area (Å²) < 4.78 is 12.9. The number of fused-ring (bicyclic) bond motifs is 3. The van der Waals surface area contributed by atoms with Gasteiger partial charge >= 0.3 is 0 Å². The lowest BCUT2D eigenvalue weighted by Gasteiger charge is -2.13. The summed E-state index contributed by atoms with van der Waals surface area (Å²) in [4.78, 5) is 14.5. The van der Waals surface area contributed by atoms with Gasteiger partial charge in [0.2, 0.25) is 5.91 Å². The van der Waals surface area contributed by atoms with Crippen LogP contribution >= 0.6 is 11.8 Å². The number of thioether (sulfide) groups is 1. The molecule has 0 unspecified atom stereocenters. The Morgan fingerprint density at radius 1 is 1.06 bits per heavy atom. The SMILES string of the molecule is COc1cc2cc(C)c3nnc(SCC(=O)Nc4ccc(N(C)C)cc4)n3c2cc1OC. The minimum Gasteiger partial charge on any atom is -0.493 e. The van der Waals surface area contributed by atoms with Crippen LogP contribution in [-0.4, -0.2) is 54.6 Å². The van der Waals surface area contributed by atoms with Gasteiger partial charge in [-0.15, -0.1) is 10.2 Å². The molecule has 8 nitrogen and oxygen atoms in total. The summed E-state index contributed by atoms with van der Waals surface area (Å²) in [7, 11) is 7.17. The summed E-state index contributed by atoms with van der Waals surface area (Å²) >= 11 is 1.34. The third kappa shape index (κ3) is 4.16. The Hall–Kier alpha value is -3.46. The molecular formula is C23H25N5O3S. The summed E-state index contributed by atoms with van der Waals surface area (Å²) in [6.45, 7) is 1.98. The van der Waals surface area contributed by atoms with E-state index in [0.29, 0.717) is 16.7 Å². The number of hydrogen-bond acceptors (Lipinski definition) is 7. The molecule has 0 spiro atoms. The summed E-state index contributed by atoms with van der Waals surface area (Å²) in [6, 6.07) is 13.6. The van der Waals surface area contributed by atoms with Crippen molar-refractivity contribution < 1.29 is 14.3 Å². The highest BCUT2D eigenvalue weighted by molar-refractivity contribution is 7.99. The van der Waals surface area contributed by atoms with Crippen LogP contribution in [-0.2, 0) is 4.79 Å². The van der Waals surface area contributed by atoms with E-state index in [2.05, 4.69) is 15.5 Å². The van der Waals surface area contributed by atoms with Crippen molar-refractivity contribution in [3.8, 4) is 11.5 Å². The summed E-state index contributed by atoms with van der Waals surface area (Å²) in [5, 5.41) is 13.2. The highest BCUT2D eigenvalue weighted by atomic mass is 32.2. The summed E-state index contributed by atoms with van der Waals surface area (Å²) in [5.74, 6) is 1.37. The molecule has 2 aromatic carbocycles. The van der Waals surface area contributed by atoms with E-state index in [1.807, 2.05) is 72.8 Å². The molecule has 0 radical (unpaired) electrons. The zero-order valence-electron chi connectivity index (χ0n) is 18.7. The van der Waals surface area contributed by atoms with Gasteiger partial charge in [0.05, 0.1) is 25.5 Å². The number of anilines is 2. The Bertz CT molecular complexity index is 1280. The van der Waals surface area contributed by atoms with Gasteiger partial charge in [0, 0.05) is 36.9 Å².